The summed E-state index contributed by atoms with van der Waals surface area (Å²) in [6.07, 6.45) is -3.79. The van der Waals surface area contributed by atoms with Gasteiger partial charge in [-0.25, -0.2) is 19.3 Å². The highest BCUT2D eigenvalue weighted by molar-refractivity contribution is 8.07. The summed E-state index contributed by atoms with van der Waals surface area (Å²) in [7, 11) is -5.92. The zero-order chi connectivity index (χ0) is 42.6. The number of amides is 1. The topological polar surface area (TPSA) is 267 Å². The van der Waals surface area contributed by atoms with Gasteiger partial charge in [-0.2, -0.15) is 10.2 Å². The molecule has 3 unspecified atom stereocenters. The zero-order valence-corrected chi connectivity index (χ0v) is 36.6. The summed E-state index contributed by atoms with van der Waals surface area (Å²) in [4.78, 5) is 54.5. The van der Waals surface area contributed by atoms with Crippen molar-refractivity contribution in [3.05, 3.63) is 35.3 Å². The molecule has 0 radical (unpaired) electrons. The van der Waals surface area contributed by atoms with Gasteiger partial charge in [-0.3, -0.25) is 29.0 Å². The summed E-state index contributed by atoms with van der Waals surface area (Å²) >= 11 is 5.97. The van der Waals surface area contributed by atoms with E-state index in [0.717, 1.165) is 0 Å². The number of aliphatic hydroxyl groups excluding tert-OH is 1. The van der Waals surface area contributed by atoms with Gasteiger partial charge in [0.05, 0.1) is 44.7 Å². The van der Waals surface area contributed by atoms with Gasteiger partial charge < -0.3 is 28.6 Å². The smallest absolute Gasteiger partial charge is 0.408 e. The second-order valence-corrected chi connectivity index (χ2v) is 24.0. The van der Waals surface area contributed by atoms with Crippen molar-refractivity contribution in [2.75, 3.05) is 30.5 Å². The van der Waals surface area contributed by atoms with Crippen molar-refractivity contribution in [2.24, 2.45) is 11.8 Å². The number of halogens is 1. The quantitative estimate of drug-likeness (QED) is 0.0680. The molecule has 1 aliphatic heterocycles. The number of fused-ring (bicyclic) bond motifs is 1. The van der Waals surface area contributed by atoms with Gasteiger partial charge in [-0.15, -0.1) is 9.42 Å². The number of ether oxygens (including phenoxy) is 1. The first kappa shape index (κ1) is 45.8. The van der Waals surface area contributed by atoms with E-state index in [1.807, 2.05) is 39.9 Å². The minimum atomic E-state index is -4.02. The van der Waals surface area contributed by atoms with Crippen LogP contribution in [0.3, 0.4) is 0 Å². The molecule has 4 heterocycles. The number of carbonyl (C=O) groups is 1. The molecule has 1 aliphatic carbocycles. The van der Waals surface area contributed by atoms with Crippen LogP contribution in [-0.4, -0.2) is 110 Å². The molecule has 1 amide bonds. The van der Waals surface area contributed by atoms with Crippen molar-refractivity contribution >= 4 is 63.9 Å². The highest BCUT2D eigenvalue weighted by Gasteiger charge is 2.55. The summed E-state index contributed by atoms with van der Waals surface area (Å²) in [6.45, 7) is 8.22. The molecule has 1 saturated heterocycles. The molecule has 25 heteroatoms. The van der Waals surface area contributed by atoms with Crippen LogP contribution in [0, 0.1) is 23.2 Å². The Bertz CT molecular complexity index is 2070. The first-order valence-electron chi connectivity index (χ1n) is 18.4. The molecule has 20 nitrogen and oxygen atoms in total. The number of hydrogen-bond donors (Lipinski definition) is 5. The number of aromatic amines is 1. The maximum atomic E-state index is 15.9. The molecule has 0 bridgehead atoms. The minimum Gasteiger partial charge on any atom is -0.408 e. The summed E-state index contributed by atoms with van der Waals surface area (Å²) in [5.74, 6) is -1.52. The van der Waals surface area contributed by atoms with E-state index >= 15 is 4.39 Å². The van der Waals surface area contributed by atoms with Crippen molar-refractivity contribution < 1.29 is 51.0 Å². The van der Waals surface area contributed by atoms with E-state index in [2.05, 4.69) is 35.6 Å². The van der Waals surface area contributed by atoms with Crippen LogP contribution in [0.25, 0.3) is 11.2 Å². The van der Waals surface area contributed by atoms with Gasteiger partial charge in [0.1, 0.15) is 30.5 Å². The Hall–Kier alpha value is -3.23. The van der Waals surface area contributed by atoms with E-state index in [9.17, 15) is 29.4 Å². The number of rotatable bonds is 18. The van der Waals surface area contributed by atoms with Gasteiger partial charge in [0.15, 0.2) is 38.0 Å². The predicted octanol–water partition coefficient (Wildman–Crippen LogP) is 4.21. The normalized spacial score (nSPS) is 26.4. The fourth-order valence-corrected chi connectivity index (χ4v) is 10.0. The van der Waals surface area contributed by atoms with E-state index in [1.165, 1.54) is 29.5 Å². The molecule has 2 fully saturated rings. The minimum absolute atomic E-state index is 0.00836. The van der Waals surface area contributed by atoms with Crippen molar-refractivity contribution in [1.29, 1.82) is 5.26 Å². The molecule has 0 aromatic carbocycles. The van der Waals surface area contributed by atoms with Crippen LogP contribution in [0.5, 0.6) is 0 Å². The van der Waals surface area contributed by atoms with Gasteiger partial charge >= 0.3 is 15.0 Å². The average molecular weight is 889 g/mol. The number of aliphatic hydroxyl groups is 1. The third-order valence-electron chi connectivity index (χ3n) is 10.2. The lowest BCUT2D eigenvalue weighted by Gasteiger charge is -2.41. The third-order valence-corrected chi connectivity index (χ3v) is 17.4. The van der Waals surface area contributed by atoms with E-state index in [4.69, 9.17) is 39.1 Å². The first-order chi connectivity index (χ1) is 27.3. The lowest BCUT2D eigenvalue weighted by Crippen LogP contribution is -2.50. The number of hydrogen-bond acceptors (Lipinski definition) is 17. The molecule has 1 saturated carbocycles. The van der Waals surface area contributed by atoms with Crippen LogP contribution in [-0.2, 0) is 48.4 Å². The van der Waals surface area contributed by atoms with Crippen LogP contribution < -0.4 is 16.2 Å². The Morgan fingerprint density at radius 2 is 2.02 bits per heavy atom. The van der Waals surface area contributed by atoms with E-state index in [0.29, 0.717) is 5.82 Å². The highest BCUT2D eigenvalue weighted by Crippen LogP contribution is 2.56. The summed E-state index contributed by atoms with van der Waals surface area (Å²) in [5.41, 5.74) is -0.762. The van der Waals surface area contributed by atoms with Crippen molar-refractivity contribution in [2.45, 2.75) is 108 Å². The number of carbonyl (C=O) groups excluding carboxylic acids is 1. The first-order valence-corrected chi connectivity index (χ1v) is 25.0. The standard InChI is InChI=1S/C33H48FN9O11P2SSi/c1-18(2)29(45)41-32-40-28-24(30(46)42-32)38-17-43(28)31-27(26(21(14-44)51-31)54-58(6,7)33(3,4)5)53-56(57,49-12-8-10-35)50-15-19-13-20(23(34)25(19)52-55(47)48)39-22-9-11-36-16-37-22/h9,11,16-21,23,25-27,31,44H,8,12-15H2,1-7H3,(H3-,36,37,39,40,41,42,45,46,47,48)/p+1/t19-,20-,21-,23-,25-,26?,27-,31-,56?/m1/s1. The Morgan fingerprint density at radius 3 is 2.64 bits per heavy atom. The molecule has 5 N–H and O–H groups in total. The summed E-state index contributed by atoms with van der Waals surface area (Å²) < 4.78 is 66.4. The number of anilines is 2. The van der Waals surface area contributed by atoms with Gasteiger partial charge in [-0.1, -0.05) is 34.6 Å². The molecule has 10 atom stereocenters. The number of H-pyrrole nitrogens is 1. The molecule has 2 aliphatic rings. The lowest BCUT2D eigenvalue weighted by molar-refractivity contribution is -0.118. The number of nitrogens with zero attached hydrogens (tertiary/aromatic N) is 6. The van der Waals surface area contributed by atoms with Gasteiger partial charge in [0.2, 0.25) is 11.9 Å². The molecule has 318 valence electrons. The summed E-state index contributed by atoms with van der Waals surface area (Å²) in [5, 5.41) is 25.3. The third kappa shape index (κ3) is 10.7. The fourth-order valence-electron chi connectivity index (χ4n) is 6.12. The van der Waals surface area contributed by atoms with Gasteiger partial charge in [-0.05, 0) is 42.4 Å². The monoisotopic (exact) mass is 888 g/mol. The largest absolute Gasteiger partial charge is 0.695 e. The van der Waals surface area contributed by atoms with Crippen molar-refractivity contribution in [1.82, 2.24) is 29.5 Å². The molecule has 3 aromatic heterocycles. The van der Waals surface area contributed by atoms with E-state index in [-0.39, 0.29) is 48.2 Å². The van der Waals surface area contributed by atoms with Crippen molar-refractivity contribution in [3.8, 4) is 6.07 Å². The lowest BCUT2D eigenvalue weighted by atomic mass is 10.1. The average Bonchev–Trinajstić information content (AvgIpc) is 3.80. The molecule has 3 aromatic rings. The second-order valence-electron chi connectivity index (χ2n) is 15.6. The second kappa shape index (κ2) is 19.0. The molecule has 5 rings (SSSR count). The maximum Gasteiger partial charge on any atom is 0.695 e. The Kier molecular flexibility index (Phi) is 15.0. The Morgan fingerprint density at radius 1 is 1.28 bits per heavy atom. The fraction of sp³-hybridized carbons (Fsp3) is 0.667. The number of nitriles is 1. The predicted molar refractivity (Wildman–Crippen MR) is 213 cm³/mol. The number of alkyl halides is 1. The Balaban J connectivity index is 1.53. The molecular formula is C33H49FN9O11P2SSi+. The van der Waals surface area contributed by atoms with Gasteiger partial charge in [0.25, 0.3) is 5.56 Å². The zero-order valence-electron chi connectivity index (χ0n) is 33.0. The highest BCUT2D eigenvalue weighted by atomic mass is 32.5. The van der Waals surface area contributed by atoms with Gasteiger partial charge in [0, 0.05) is 22.6 Å². The molecule has 0 spiro atoms. The number of imidazole rings is 1. The van der Waals surface area contributed by atoms with Crippen LogP contribution in [0.4, 0.5) is 16.2 Å². The van der Waals surface area contributed by atoms with Crippen LogP contribution in [0.1, 0.15) is 53.7 Å². The van der Waals surface area contributed by atoms with Crippen LogP contribution in [0.2, 0.25) is 18.1 Å². The molecular weight excluding hydrogens is 840 g/mol. The van der Waals surface area contributed by atoms with Crippen molar-refractivity contribution in [3.63, 3.8) is 0 Å². The summed E-state index contributed by atoms with van der Waals surface area (Å²) in [6, 6.07) is 2.60. The number of nitrogens with one attached hydrogen (secondary N) is 3. The van der Waals surface area contributed by atoms with Crippen LogP contribution in [0.15, 0.2) is 29.7 Å². The Labute approximate surface area is 340 Å². The van der Waals surface area contributed by atoms with E-state index < -0.39 is 96.1 Å². The molecule has 58 heavy (non-hydrogen) atoms. The van der Waals surface area contributed by atoms with Crippen LogP contribution >= 0.6 is 15.0 Å². The maximum absolute atomic E-state index is 15.9. The number of aromatic nitrogens is 6. The SMILES string of the molecule is CC(C)C(=O)Nc1nc2c(ncn2[C@@H]2O[C@H](CO)C(O[Si](C)(C)C(C)(C)C)[C@H]2OP(=S)(OCCC#N)OC[C@H]2C[C@@H](Nc3ccncn3)[C@@H](F)[C@@H]2O[P+](=O)O)c(=O)[nH]1. The van der Waals surface area contributed by atoms with E-state index in [1.54, 1.807) is 13.8 Å².